The number of hydrogen-bond acceptors (Lipinski definition) is 4. The van der Waals surface area contributed by atoms with Crippen molar-refractivity contribution in [2.24, 2.45) is 0 Å². The zero-order valence-corrected chi connectivity index (χ0v) is 14.5. The van der Waals surface area contributed by atoms with Gasteiger partial charge in [0.2, 0.25) is 0 Å². The summed E-state index contributed by atoms with van der Waals surface area (Å²) >= 11 is 17.5. The highest BCUT2D eigenvalue weighted by Crippen LogP contribution is 2.37. The van der Waals surface area contributed by atoms with Gasteiger partial charge in [0, 0.05) is 0 Å². The fourth-order valence-corrected chi connectivity index (χ4v) is 2.23. The van der Waals surface area contributed by atoms with E-state index in [1.807, 2.05) is 30.3 Å². The summed E-state index contributed by atoms with van der Waals surface area (Å²) in [6.45, 7) is -0.287. The van der Waals surface area contributed by atoms with Gasteiger partial charge < -0.3 is 14.8 Å². The van der Waals surface area contributed by atoms with Crippen molar-refractivity contribution in [3.63, 3.8) is 0 Å². The molecule has 0 atom stereocenters. The molecule has 0 aromatic heterocycles. The lowest BCUT2D eigenvalue weighted by Gasteiger charge is -2.09. The summed E-state index contributed by atoms with van der Waals surface area (Å²) in [5.41, 5.74) is 0.831. The number of rotatable bonds is 5. The van der Waals surface area contributed by atoms with Gasteiger partial charge in [-0.3, -0.25) is 0 Å². The van der Waals surface area contributed by atoms with E-state index in [1.54, 1.807) is 0 Å². The van der Waals surface area contributed by atoms with Crippen LogP contribution < -0.4 is 10.1 Å². The molecule has 2 aromatic carbocycles. The zero-order valence-electron chi connectivity index (χ0n) is 12.2. The molecule has 1 N–H and O–H groups in total. The summed E-state index contributed by atoms with van der Waals surface area (Å²) in [4.78, 5) is 23.2. The molecule has 2 aromatic rings. The molecular weight excluding hydrogens is 377 g/mol. The first kappa shape index (κ1) is 18.4. The molecule has 0 unspecified atom stereocenters. The number of nitrogens with one attached hydrogen (secondary N) is 1. The predicted molar refractivity (Wildman–Crippen MR) is 91.7 cm³/mol. The standard InChI is InChI=1S/C16H12Cl3NO4/c17-11-6-7-12(15(19)14(11)18)24-13(21)8-20-16(22)23-9-10-4-2-1-3-5-10/h1-7H,8-9H2,(H,20,22). The van der Waals surface area contributed by atoms with E-state index in [1.165, 1.54) is 12.1 Å². The van der Waals surface area contributed by atoms with Gasteiger partial charge in [-0.1, -0.05) is 65.1 Å². The van der Waals surface area contributed by atoms with Gasteiger partial charge in [0.05, 0.1) is 10.0 Å². The Morgan fingerprint density at radius 2 is 1.67 bits per heavy atom. The minimum Gasteiger partial charge on any atom is -0.445 e. The predicted octanol–water partition coefficient (Wildman–Crippen LogP) is 4.48. The van der Waals surface area contributed by atoms with Crippen LogP contribution in [0.15, 0.2) is 42.5 Å². The van der Waals surface area contributed by atoms with Crippen LogP contribution in [0.4, 0.5) is 4.79 Å². The summed E-state index contributed by atoms with van der Waals surface area (Å²) < 4.78 is 9.97. The molecule has 0 saturated heterocycles. The van der Waals surface area contributed by atoms with Crippen molar-refractivity contribution >= 4 is 46.9 Å². The lowest BCUT2D eigenvalue weighted by atomic mass is 10.2. The first-order valence-electron chi connectivity index (χ1n) is 6.76. The summed E-state index contributed by atoms with van der Waals surface area (Å²) in [7, 11) is 0. The fourth-order valence-electron chi connectivity index (χ4n) is 1.66. The number of ether oxygens (including phenoxy) is 2. The Kier molecular flexibility index (Phi) is 6.73. The number of carbonyl (C=O) groups excluding carboxylic acids is 2. The van der Waals surface area contributed by atoms with Crippen LogP contribution in [0.25, 0.3) is 0 Å². The lowest BCUT2D eigenvalue weighted by molar-refractivity contribution is -0.133. The molecule has 2 rings (SSSR count). The van der Waals surface area contributed by atoms with Crippen molar-refractivity contribution in [3.8, 4) is 5.75 Å². The Bertz CT molecular complexity index is 738. The molecule has 0 heterocycles. The van der Waals surface area contributed by atoms with Crippen LogP contribution in [-0.4, -0.2) is 18.6 Å². The molecule has 0 saturated carbocycles. The molecule has 126 valence electrons. The van der Waals surface area contributed by atoms with Gasteiger partial charge in [-0.25, -0.2) is 9.59 Å². The first-order valence-corrected chi connectivity index (χ1v) is 7.89. The fraction of sp³-hybridized carbons (Fsp3) is 0.125. The van der Waals surface area contributed by atoms with Crippen LogP contribution in [0.2, 0.25) is 15.1 Å². The molecule has 8 heteroatoms. The van der Waals surface area contributed by atoms with Crippen LogP contribution >= 0.6 is 34.8 Å². The summed E-state index contributed by atoms with van der Waals surface area (Å²) in [5.74, 6) is -0.678. The molecule has 1 amide bonds. The number of amides is 1. The summed E-state index contributed by atoms with van der Waals surface area (Å²) in [6.07, 6.45) is -0.740. The average molecular weight is 389 g/mol. The zero-order chi connectivity index (χ0) is 17.5. The Hall–Kier alpha value is -1.95. The highest BCUT2D eigenvalue weighted by atomic mass is 35.5. The Morgan fingerprint density at radius 3 is 2.38 bits per heavy atom. The SMILES string of the molecule is O=C(CNC(=O)OCc1ccccc1)Oc1ccc(Cl)c(Cl)c1Cl. The van der Waals surface area contributed by atoms with E-state index in [4.69, 9.17) is 44.3 Å². The Morgan fingerprint density at radius 1 is 0.958 bits per heavy atom. The molecule has 0 radical (unpaired) electrons. The number of halogens is 3. The van der Waals surface area contributed by atoms with Gasteiger partial charge in [0.1, 0.15) is 18.2 Å². The summed E-state index contributed by atoms with van der Waals surface area (Å²) in [6, 6.07) is 12.0. The average Bonchev–Trinajstić information content (AvgIpc) is 2.59. The van der Waals surface area contributed by atoms with Crippen molar-refractivity contribution in [1.29, 1.82) is 0 Å². The highest BCUT2D eigenvalue weighted by molar-refractivity contribution is 6.48. The van der Waals surface area contributed by atoms with Crippen molar-refractivity contribution in [1.82, 2.24) is 5.32 Å². The van der Waals surface area contributed by atoms with Crippen molar-refractivity contribution in [3.05, 3.63) is 63.1 Å². The lowest BCUT2D eigenvalue weighted by Crippen LogP contribution is -2.32. The topological polar surface area (TPSA) is 64.6 Å². The third-order valence-corrected chi connectivity index (χ3v) is 4.09. The summed E-state index contributed by atoms with van der Waals surface area (Å²) in [5, 5.41) is 2.62. The molecule has 0 spiro atoms. The maximum absolute atomic E-state index is 11.7. The molecule has 0 aliphatic heterocycles. The van der Waals surface area contributed by atoms with Crippen LogP contribution in [0, 0.1) is 0 Å². The van der Waals surface area contributed by atoms with Gasteiger partial charge in [0.25, 0.3) is 0 Å². The molecule has 5 nitrogen and oxygen atoms in total. The monoisotopic (exact) mass is 387 g/mol. The van der Waals surface area contributed by atoms with Crippen LogP contribution in [0.5, 0.6) is 5.75 Å². The van der Waals surface area contributed by atoms with Crippen molar-refractivity contribution in [2.45, 2.75) is 6.61 Å². The third kappa shape index (κ3) is 5.30. The van der Waals surface area contributed by atoms with E-state index >= 15 is 0 Å². The minimum absolute atomic E-state index is 0.0178. The molecule has 0 aliphatic rings. The van der Waals surface area contributed by atoms with E-state index in [0.717, 1.165) is 5.56 Å². The number of benzene rings is 2. The first-order chi connectivity index (χ1) is 11.5. The van der Waals surface area contributed by atoms with E-state index < -0.39 is 12.1 Å². The van der Waals surface area contributed by atoms with Gasteiger partial charge in [-0.05, 0) is 17.7 Å². The molecular formula is C16H12Cl3NO4. The van der Waals surface area contributed by atoms with Crippen LogP contribution in [-0.2, 0) is 16.1 Å². The molecule has 0 bridgehead atoms. The molecule has 0 aliphatic carbocycles. The second-order valence-electron chi connectivity index (χ2n) is 4.56. The Balaban J connectivity index is 1.79. The number of hydrogen-bond donors (Lipinski definition) is 1. The van der Waals surface area contributed by atoms with Crippen molar-refractivity contribution < 1.29 is 19.1 Å². The van der Waals surface area contributed by atoms with E-state index in [-0.39, 0.29) is 34.0 Å². The second-order valence-corrected chi connectivity index (χ2v) is 5.73. The van der Waals surface area contributed by atoms with E-state index in [9.17, 15) is 9.59 Å². The maximum atomic E-state index is 11.7. The van der Waals surface area contributed by atoms with Crippen LogP contribution in [0.1, 0.15) is 5.56 Å². The smallest absolute Gasteiger partial charge is 0.407 e. The molecule has 0 fully saturated rings. The second kappa shape index (κ2) is 8.78. The van der Waals surface area contributed by atoms with Gasteiger partial charge in [-0.15, -0.1) is 0 Å². The van der Waals surface area contributed by atoms with E-state index in [0.29, 0.717) is 0 Å². The quantitative estimate of drug-likeness (QED) is 0.466. The highest BCUT2D eigenvalue weighted by Gasteiger charge is 2.14. The van der Waals surface area contributed by atoms with Gasteiger partial charge in [-0.2, -0.15) is 0 Å². The largest absolute Gasteiger partial charge is 0.445 e. The normalized spacial score (nSPS) is 10.1. The van der Waals surface area contributed by atoms with Gasteiger partial charge in [0.15, 0.2) is 5.75 Å². The number of esters is 1. The minimum atomic E-state index is -0.740. The Labute approximate surface area is 153 Å². The third-order valence-electron chi connectivity index (χ3n) is 2.81. The maximum Gasteiger partial charge on any atom is 0.407 e. The number of alkyl carbamates (subject to hydrolysis) is 1. The van der Waals surface area contributed by atoms with Gasteiger partial charge >= 0.3 is 12.1 Å². The van der Waals surface area contributed by atoms with E-state index in [2.05, 4.69) is 5.32 Å². The number of carbonyl (C=O) groups is 2. The molecule has 24 heavy (non-hydrogen) atoms. The van der Waals surface area contributed by atoms with Crippen molar-refractivity contribution in [2.75, 3.05) is 6.54 Å². The van der Waals surface area contributed by atoms with Crippen LogP contribution in [0.3, 0.4) is 0 Å².